The summed E-state index contributed by atoms with van der Waals surface area (Å²) in [6, 6.07) is 16.6. The smallest absolute Gasteiger partial charge is 0.243 e. The van der Waals surface area contributed by atoms with Crippen LogP contribution in [0.25, 0.3) is 0 Å². The van der Waals surface area contributed by atoms with Crippen molar-refractivity contribution in [3.8, 4) is 0 Å². The number of rotatable bonds is 5. The van der Waals surface area contributed by atoms with Crippen LogP contribution in [0.1, 0.15) is 56.9 Å². The summed E-state index contributed by atoms with van der Waals surface area (Å²) >= 11 is 0. The maximum absolute atomic E-state index is 13.3. The molecule has 1 saturated carbocycles. The molecule has 0 bridgehead atoms. The molecule has 30 heavy (non-hydrogen) atoms. The molecule has 0 radical (unpaired) electrons. The van der Waals surface area contributed by atoms with Crippen molar-refractivity contribution in [1.82, 2.24) is 4.31 Å². The molecule has 2 aromatic carbocycles. The lowest BCUT2D eigenvalue weighted by molar-refractivity contribution is -0.121. The van der Waals surface area contributed by atoms with Crippen LogP contribution in [0.2, 0.25) is 0 Å². The van der Waals surface area contributed by atoms with Gasteiger partial charge in [0.1, 0.15) is 0 Å². The fourth-order valence-electron chi connectivity index (χ4n) is 4.77. The first kappa shape index (κ1) is 21.1. The minimum absolute atomic E-state index is 0.00525. The number of nitrogens with zero attached hydrogens (tertiary/aromatic N) is 1. The van der Waals surface area contributed by atoms with Crippen molar-refractivity contribution in [2.24, 2.45) is 0 Å². The molecule has 1 saturated heterocycles. The molecule has 0 spiro atoms. The molecule has 4 rings (SSSR count). The molecule has 160 valence electrons. The van der Waals surface area contributed by atoms with Gasteiger partial charge in [0.2, 0.25) is 15.9 Å². The highest BCUT2D eigenvalue weighted by molar-refractivity contribution is 7.89. The Morgan fingerprint density at radius 2 is 1.40 bits per heavy atom. The molecule has 0 aromatic heterocycles. The van der Waals surface area contributed by atoms with Crippen LogP contribution in [0.4, 0.5) is 5.69 Å². The SMILES string of the molecule is O=C(Nc1ccc(S(=O)(=O)N2CCCCCC2)cc1)C1(c2ccccc2)CCCC1. The summed E-state index contributed by atoms with van der Waals surface area (Å²) in [5, 5.41) is 3.04. The van der Waals surface area contributed by atoms with E-state index in [4.69, 9.17) is 0 Å². The molecule has 1 amide bonds. The molecule has 0 atom stereocenters. The van der Waals surface area contributed by atoms with Gasteiger partial charge in [0.25, 0.3) is 0 Å². The second-order valence-corrected chi connectivity index (χ2v) is 10.4. The van der Waals surface area contributed by atoms with Gasteiger partial charge in [-0.3, -0.25) is 4.79 Å². The fourth-order valence-corrected chi connectivity index (χ4v) is 6.29. The van der Waals surface area contributed by atoms with Crippen LogP contribution >= 0.6 is 0 Å². The zero-order valence-corrected chi connectivity index (χ0v) is 18.2. The zero-order valence-electron chi connectivity index (χ0n) is 17.3. The minimum Gasteiger partial charge on any atom is -0.325 e. The number of carbonyl (C=O) groups is 1. The second-order valence-electron chi connectivity index (χ2n) is 8.45. The monoisotopic (exact) mass is 426 g/mol. The van der Waals surface area contributed by atoms with E-state index in [2.05, 4.69) is 5.32 Å². The zero-order chi connectivity index (χ0) is 21.0. The van der Waals surface area contributed by atoms with Gasteiger partial charge in [-0.05, 0) is 55.5 Å². The van der Waals surface area contributed by atoms with Crippen LogP contribution in [-0.2, 0) is 20.2 Å². The Hall–Kier alpha value is -2.18. The summed E-state index contributed by atoms with van der Waals surface area (Å²) in [5.41, 5.74) is 1.19. The summed E-state index contributed by atoms with van der Waals surface area (Å²) in [6.45, 7) is 1.17. The Balaban J connectivity index is 1.51. The maximum Gasteiger partial charge on any atom is 0.243 e. The summed E-state index contributed by atoms with van der Waals surface area (Å²) in [5.74, 6) is -0.00525. The Kier molecular flexibility index (Phi) is 6.25. The largest absolute Gasteiger partial charge is 0.325 e. The van der Waals surface area contributed by atoms with Crippen molar-refractivity contribution in [2.45, 2.75) is 61.7 Å². The van der Waals surface area contributed by atoms with Gasteiger partial charge in [0.15, 0.2) is 0 Å². The lowest BCUT2D eigenvalue weighted by Crippen LogP contribution is -2.38. The van der Waals surface area contributed by atoms with E-state index in [-0.39, 0.29) is 5.91 Å². The Bertz CT molecular complexity index is 957. The third-order valence-corrected chi connectivity index (χ3v) is 8.45. The van der Waals surface area contributed by atoms with E-state index in [1.165, 1.54) is 0 Å². The third kappa shape index (κ3) is 4.16. The average Bonchev–Trinajstić information content (AvgIpc) is 3.11. The van der Waals surface area contributed by atoms with E-state index in [0.717, 1.165) is 56.9 Å². The first-order valence-corrected chi connectivity index (χ1v) is 12.4. The van der Waals surface area contributed by atoms with Gasteiger partial charge in [0.05, 0.1) is 10.3 Å². The number of sulfonamides is 1. The second kappa shape index (κ2) is 8.90. The molecule has 1 N–H and O–H groups in total. The van der Waals surface area contributed by atoms with Crippen LogP contribution in [0, 0.1) is 0 Å². The molecule has 0 unspecified atom stereocenters. The number of benzene rings is 2. The third-order valence-electron chi connectivity index (χ3n) is 6.53. The van der Waals surface area contributed by atoms with Crippen molar-refractivity contribution in [3.63, 3.8) is 0 Å². The number of amides is 1. The highest BCUT2D eigenvalue weighted by Gasteiger charge is 2.42. The summed E-state index contributed by atoms with van der Waals surface area (Å²) in [4.78, 5) is 13.6. The highest BCUT2D eigenvalue weighted by atomic mass is 32.2. The van der Waals surface area contributed by atoms with Crippen molar-refractivity contribution >= 4 is 21.6 Å². The van der Waals surface area contributed by atoms with E-state index in [0.29, 0.717) is 23.7 Å². The molecule has 1 heterocycles. The molecular weight excluding hydrogens is 396 g/mol. The van der Waals surface area contributed by atoms with Gasteiger partial charge in [0, 0.05) is 18.8 Å². The van der Waals surface area contributed by atoms with E-state index in [1.807, 2.05) is 30.3 Å². The van der Waals surface area contributed by atoms with Crippen LogP contribution in [0.3, 0.4) is 0 Å². The minimum atomic E-state index is -3.48. The van der Waals surface area contributed by atoms with Gasteiger partial charge >= 0.3 is 0 Å². The molecule has 2 fully saturated rings. The number of hydrogen-bond acceptors (Lipinski definition) is 3. The van der Waals surface area contributed by atoms with Gasteiger partial charge in [-0.2, -0.15) is 4.31 Å². The first-order valence-electron chi connectivity index (χ1n) is 11.0. The van der Waals surface area contributed by atoms with E-state index in [1.54, 1.807) is 28.6 Å². The van der Waals surface area contributed by atoms with Crippen LogP contribution in [0.15, 0.2) is 59.5 Å². The number of carbonyl (C=O) groups excluding carboxylic acids is 1. The quantitative estimate of drug-likeness (QED) is 0.753. The van der Waals surface area contributed by atoms with Gasteiger partial charge in [-0.1, -0.05) is 56.0 Å². The Morgan fingerprint density at radius 1 is 0.800 bits per heavy atom. The van der Waals surface area contributed by atoms with Crippen LogP contribution in [0.5, 0.6) is 0 Å². The molecule has 2 aliphatic rings. The summed E-state index contributed by atoms with van der Waals surface area (Å²) < 4.78 is 27.5. The number of hydrogen-bond donors (Lipinski definition) is 1. The maximum atomic E-state index is 13.3. The van der Waals surface area contributed by atoms with Gasteiger partial charge < -0.3 is 5.32 Å². The normalized spacial score (nSPS) is 19.9. The van der Waals surface area contributed by atoms with Crippen molar-refractivity contribution < 1.29 is 13.2 Å². The predicted octanol–water partition coefficient (Wildman–Crippen LogP) is 4.70. The fraction of sp³-hybridized carbons (Fsp3) is 0.458. The highest BCUT2D eigenvalue weighted by Crippen LogP contribution is 2.42. The van der Waals surface area contributed by atoms with Crippen LogP contribution in [-0.4, -0.2) is 31.7 Å². The van der Waals surface area contributed by atoms with E-state index in [9.17, 15) is 13.2 Å². The molecular formula is C24H30N2O3S. The molecule has 1 aliphatic heterocycles. The standard InChI is InChI=1S/C24H30N2O3S/c27-23(24(16-6-7-17-24)20-10-4-3-5-11-20)25-21-12-14-22(15-13-21)30(28,29)26-18-8-1-2-9-19-26/h3-5,10-15H,1-2,6-9,16-19H2,(H,25,27). The molecule has 1 aliphatic carbocycles. The lowest BCUT2D eigenvalue weighted by atomic mass is 9.78. The van der Waals surface area contributed by atoms with Gasteiger partial charge in [-0.15, -0.1) is 0 Å². The molecule has 2 aromatic rings. The summed E-state index contributed by atoms with van der Waals surface area (Å²) in [7, 11) is -3.48. The lowest BCUT2D eigenvalue weighted by Gasteiger charge is -2.28. The topological polar surface area (TPSA) is 66.5 Å². The number of nitrogens with one attached hydrogen (secondary N) is 1. The van der Waals surface area contributed by atoms with Crippen molar-refractivity contribution in [3.05, 3.63) is 60.2 Å². The Morgan fingerprint density at radius 3 is 2.00 bits per heavy atom. The Labute approximate surface area is 179 Å². The number of anilines is 1. The summed E-state index contributed by atoms with van der Waals surface area (Å²) in [6.07, 6.45) is 7.74. The van der Waals surface area contributed by atoms with Crippen LogP contribution < -0.4 is 5.32 Å². The average molecular weight is 427 g/mol. The van der Waals surface area contributed by atoms with Crippen molar-refractivity contribution in [2.75, 3.05) is 18.4 Å². The molecule has 5 nitrogen and oxygen atoms in total. The van der Waals surface area contributed by atoms with E-state index >= 15 is 0 Å². The predicted molar refractivity (Wildman–Crippen MR) is 119 cm³/mol. The van der Waals surface area contributed by atoms with E-state index < -0.39 is 15.4 Å². The van der Waals surface area contributed by atoms with Gasteiger partial charge in [-0.25, -0.2) is 8.42 Å². The van der Waals surface area contributed by atoms with Crippen molar-refractivity contribution in [1.29, 1.82) is 0 Å². The first-order chi connectivity index (χ1) is 14.5. The molecule has 6 heteroatoms.